The van der Waals surface area contributed by atoms with Gasteiger partial charge in [0.2, 0.25) is 0 Å². The predicted octanol–water partition coefficient (Wildman–Crippen LogP) is 16.2. The predicted molar refractivity (Wildman–Crippen MR) is 272 cm³/mol. The van der Waals surface area contributed by atoms with Crippen molar-refractivity contribution >= 4 is 17.1 Å². The summed E-state index contributed by atoms with van der Waals surface area (Å²) in [5, 5.41) is 0. The highest BCUT2D eigenvalue weighted by Crippen LogP contribution is 2.65. The average molecular weight is 840 g/mol. The third-order valence-electron chi connectivity index (χ3n) is 16.1. The summed E-state index contributed by atoms with van der Waals surface area (Å²) in [5.41, 5.74) is 26.0. The highest BCUT2D eigenvalue weighted by Gasteiger charge is 2.52. The van der Waals surface area contributed by atoms with E-state index in [4.69, 9.17) is 0 Å². The third-order valence-corrected chi connectivity index (χ3v) is 16.1. The molecule has 14 rings (SSSR count). The Morgan fingerprint density at radius 3 is 1.09 bits per heavy atom. The first-order valence-corrected chi connectivity index (χ1v) is 23.3. The molecule has 0 aliphatic heterocycles. The molecule has 310 valence electrons. The van der Waals surface area contributed by atoms with Gasteiger partial charge in [-0.3, -0.25) is 0 Å². The van der Waals surface area contributed by atoms with E-state index < -0.39 is 5.41 Å². The van der Waals surface area contributed by atoms with Crippen LogP contribution in [0.15, 0.2) is 237 Å². The Bertz CT molecular complexity index is 3450. The van der Waals surface area contributed by atoms with E-state index >= 15 is 0 Å². The molecule has 0 saturated carbocycles. The molecule has 0 heterocycles. The van der Waals surface area contributed by atoms with Gasteiger partial charge in [-0.05, 0) is 139 Å². The minimum atomic E-state index is -0.461. The zero-order valence-corrected chi connectivity index (χ0v) is 37.0. The maximum Gasteiger partial charge on any atom is 0.0726 e. The van der Waals surface area contributed by atoms with Crippen molar-refractivity contribution in [1.29, 1.82) is 0 Å². The van der Waals surface area contributed by atoms with Gasteiger partial charge in [0, 0.05) is 27.8 Å². The molecular formula is C65H45N. The van der Waals surface area contributed by atoms with Crippen LogP contribution in [0.1, 0.15) is 69.5 Å². The van der Waals surface area contributed by atoms with Crippen molar-refractivity contribution in [2.45, 2.75) is 30.1 Å². The van der Waals surface area contributed by atoms with Gasteiger partial charge in [-0.15, -0.1) is 0 Å². The molecule has 10 aromatic carbocycles. The first-order valence-electron chi connectivity index (χ1n) is 23.3. The molecule has 4 aliphatic carbocycles. The Morgan fingerprint density at radius 1 is 0.273 bits per heavy atom. The molecule has 1 nitrogen and oxygen atoms in total. The van der Waals surface area contributed by atoms with E-state index in [0.717, 1.165) is 11.4 Å². The van der Waals surface area contributed by atoms with Crippen LogP contribution < -0.4 is 4.90 Å². The number of anilines is 3. The fourth-order valence-electron chi connectivity index (χ4n) is 13.1. The lowest BCUT2D eigenvalue weighted by molar-refractivity contribution is 0.713. The Labute approximate surface area is 387 Å². The van der Waals surface area contributed by atoms with Gasteiger partial charge in [-0.25, -0.2) is 0 Å². The number of fused-ring (bicyclic) bond motifs is 16. The lowest BCUT2D eigenvalue weighted by Crippen LogP contribution is -2.26. The number of benzene rings is 10. The second kappa shape index (κ2) is 13.5. The molecule has 0 saturated heterocycles. The number of nitrogens with zero attached hydrogens (tertiary/aromatic N) is 1. The number of rotatable bonds is 5. The van der Waals surface area contributed by atoms with E-state index in [1.54, 1.807) is 0 Å². The lowest BCUT2D eigenvalue weighted by atomic mass is 9.70. The van der Waals surface area contributed by atoms with E-state index in [9.17, 15) is 0 Å². The topological polar surface area (TPSA) is 3.24 Å². The van der Waals surface area contributed by atoms with E-state index in [1.807, 2.05) is 0 Å². The van der Waals surface area contributed by atoms with Crippen molar-refractivity contribution in [3.05, 3.63) is 292 Å². The number of hydrogen-bond acceptors (Lipinski definition) is 1. The van der Waals surface area contributed by atoms with Crippen molar-refractivity contribution in [3.63, 3.8) is 0 Å². The van der Waals surface area contributed by atoms with E-state index in [2.05, 4.69) is 255 Å². The maximum atomic E-state index is 2.59. The van der Waals surface area contributed by atoms with Crippen LogP contribution in [0.25, 0.3) is 44.5 Å². The summed E-state index contributed by atoms with van der Waals surface area (Å²) < 4.78 is 0. The van der Waals surface area contributed by atoms with Crippen molar-refractivity contribution in [2.24, 2.45) is 0 Å². The fourth-order valence-corrected chi connectivity index (χ4v) is 13.1. The standard InChI is InChI=1S/C65H45N/c1-63(42-20-5-3-6-21-42)53-29-14-9-24-46(53)50-38-36-44(40-59(50)63)66(45-37-39-51-47-25-10-15-30-54(47)64(2,60(51)41-45)43-22-7-4-8-23-43)61-35-19-34-58-62(61)52-28-13-18-33-57(52)65(58)55-31-16-11-26-48(55)49-27-12-17-32-56(49)65/h3-41H,1-2H3. The molecule has 0 N–H and O–H groups in total. The smallest absolute Gasteiger partial charge is 0.0726 e. The summed E-state index contributed by atoms with van der Waals surface area (Å²) >= 11 is 0. The van der Waals surface area contributed by atoms with Gasteiger partial charge in [0.15, 0.2) is 0 Å². The minimum Gasteiger partial charge on any atom is -0.310 e. The number of hydrogen-bond donors (Lipinski definition) is 0. The molecule has 66 heavy (non-hydrogen) atoms. The normalized spacial score (nSPS) is 18.1. The maximum absolute atomic E-state index is 2.59. The molecule has 1 heteroatoms. The quantitative estimate of drug-likeness (QED) is 0.167. The summed E-state index contributed by atoms with van der Waals surface area (Å²) in [4.78, 5) is 2.59. The fraction of sp³-hybridized carbons (Fsp3) is 0.0769. The average Bonchev–Trinajstić information content (AvgIpc) is 4.04. The van der Waals surface area contributed by atoms with E-state index in [1.165, 1.54) is 106 Å². The molecule has 0 radical (unpaired) electrons. The van der Waals surface area contributed by atoms with Crippen LogP contribution in [0.4, 0.5) is 17.1 Å². The lowest BCUT2D eigenvalue weighted by Gasteiger charge is -2.34. The largest absolute Gasteiger partial charge is 0.310 e. The van der Waals surface area contributed by atoms with Gasteiger partial charge < -0.3 is 4.90 Å². The van der Waals surface area contributed by atoms with Crippen molar-refractivity contribution < 1.29 is 0 Å². The summed E-state index contributed by atoms with van der Waals surface area (Å²) in [6, 6.07) is 89.3. The van der Waals surface area contributed by atoms with Crippen molar-refractivity contribution in [3.8, 4) is 44.5 Å². The molecule has 10 aromatic rings. The summed E-state index contributed by atoms with van der Waals surface area (Å²) in [7, 11) is 0. The molecule has 0 amide bonds. The molecule has 2 unspecified atom stereocenters. The summed E-state index contributed by atoms with van der Waals surface area (Å²) in [6.45, 7) is 4.85. The van der Waals surface area contributed by atoms with Gasteiger partial charge in [0.05, 0.1) is 11.1 Å². The van der Waals surface area contributed by atoms with Gasteiger partial charge in [-0.1, -0.05) is 206 Å². The van der Waals surface area contributed by atoms with Crippen molar-refractivity contribution in [2.75, 3.05) is 4.90 Å². The van der Waals surface area contributed by atoms with E-state index in [-0.39, 0.29) is 10.8 Å². The van der Waals surface area contributed by atoms with Gasteiger partial charge in [0.25, 0.3) is 0 Å². The molecule has 2 atom stereocenters. The Hall–Kier alpha value is -8.00. The molecule has 1 spiro atoms. The second-order valence-electron chi connectivity index (χ2n) is 19.0. The van der Waals surface area contributed by atoms with E-state index in [0.29, 0.717) is 0 Å². The summed E-state index contributed by atoms with van der Waals surface area (Å²) in [6.07, 6.45) is 0. The van der Waals surface area contributed by atoms with Crippen LogP contribution >= 0.6 is 0 Å². The highest BCUT2D eigenvalue weighted by molar-refractivity contribution is 6.02. The molecule has 0 bridgehead atoms. The second-order valence-corrected chi connectivity index (χ2v) is 19.0. The zero-order valence-electron chi connectivity index (χ0n) is 37.0. The summed E-state index contributed by atoms with van der Waals surface area (Å²) in [5.74, 6) is 0. The zero-order chi connectivity index (χ0) is 43.8. The Balaban J connectivity index is 1.07. The van der Waals surface area contributed by atoms with Crippen LogP contribution in [0.3, 0.4) is 0 Å². The van der Waals surface area contributed by atoms with Crippen LogP contribution in [0, 0.1) is 0 Å². The molecule has 0 fully saturated rings. The molecule has 4 aliphatic rings. The Morgan fingerprint density at radius 2 is 0.621 bits per heavy atom. The van der Waals surface area contributed by atoms with Crippen LogP contribution in [-0.4, -0.2) is 0 Å². The SMILES string of the molecule is CC1(c2ccccc2)c2ccccc2-c2ccc(N(c3ccc4c(c3)C(C)(c3ccccc3)c3ccccc3-4)c3cccc4c3-c3ccccc3C43c4ccccc4-c4ccccc43)cc21. The van der Waals surface area contributed by atoms with Gasteiger partial charge in [0.1, 0.15) is 0 Å². The first kappa shape index (κ1) is 37.4. The Kier molecular flexibility index (Phi) is 7.66. The molecular weight excluding hydrogens is 795 g/mol. The monoisotopic (exact) mass is 839 g/mol. The van der Waals surface area contributed by atoms with Crippen LogP contribution in [0.2, 0.25) is 0 Å². The van der Waals surface area contributed by atoms with Crippen molar-refractivity contribution in [1.82, 2.24) is 0 Å². The minimum absolute atomic E-state index is 0.354. The van der Waals surface area contributed by atoms with Gasteiger partial charge in [-0.2, -0.15) is 0 Å². The van der Waals surface area contributed by atoms with Gasteiger partial charge >= 0.3 is 0 Å². The highest BCUT2D eigenvalue weighted by atomic mass is 15.1. The third kappa shape index (κ3) is 4.64. The molecule has 0 aromatic heterocycles. The first-order chi connectivity index (χ1) is 32.5. The van der Waals surface area contributed by atoms with Crippen LogP contribution in [-0.2, 0) is 16.2 Å². The van der Waals surface area contributed by atoms with Crippen LogP contribution in [0.5, 0.6) is 0 Å².